The van der Waals surface area contributed by atoms with Gasteiger partial charge in [-0.2, -0.15) is 17.5 Å². The molecule has 0 spiro atoms. The summed E-state index contributed by atoms with van der Waals surface area (Å²) in [5.41, 5.74) is -0.0317. The molecule has 81 heavy (non-hydrogen) atoms. The number of nitrogens with zero attached hydrogens (tertiary/aromatic N) is 3. The molecule has 1 heterocycles. The average Bonchev–Trinajstić information content (AvgIpc) is 3.60. The van der Waals surface area contributed by atoms with Crippen LogP contribution in [0.2, 0.25) is 0 Å². The number of halogens is 3. The van der Waals surface area contributed by atoms with E-state index >= 15 is 0 Å². The summed E-state index contributed by atoms with van der Waals surface area (Å²) in [5.74, 6) is -0.633. The Bertz CT molecular complexity index is 3620. The number of nitrogens with one attached hydrogen (secondary N) is 2. The second-order valence-electron chi connectivity index (χ2n) is 21.5. The summed E-state index contributed by atoms with van der Waals surface area (Å²) in [7, 11) is -15.9. The number of likely N-dealkylation sites (N-methyl/N-ethyl adjacent to an activating group) is 1. The van der Waals surface area contributed by atoms with Crippen LogP contribution in [-0.2, 0) is 44.3 Å². The second kappa shape index (κ2) is 25.4. The van der Waals surface area contributed by atoms with Gasteiger partial charge in [0, 0.05) is 65.2 Å². The molecule has 22 heteroatoms. The highest BCUT2D eigenvalue weighted by Gasteiger charge is 2.49. The van der Waals surface area contributed by atoms with Crippen molar-refractivity contribution in [3.05, 3.63) is 119 Å². The van der Waals surface area contributed by atoms with Crippen molar-refractivity contribution < 1.29 is 61.9 Å². The van der Waals surface area contributed by atoms with Crippen molar-refractivity contribution in [2.75, 3.05) is 44.3 Å². The molecule has 0 unspecified atom stereocenters. The fourth-order valence-electron chi connectivity index (χ4n) is 9.29. The number of fused-ring (bicyclic) bond motifs is 2. The molecule has 0 saturated heterocycles. The lowest BCUT2D eigenvalue weighted by Crippen LogP contribution is -2.40. The van der Waals surface area contributed by atoms with Crippen LogP contribution in [0.5, 0.6) is 0 Å². The van der Waals surface area contributed by atoms with Gasteiger partial charge in [0.1, 0.15) is 24.6 Å². The minimum Gasteiger partial charge on any atom is -0.463 e. The third kappa shape index (κ3) is 14.1. The molecule has 0 bridgehead atoms. The summed E-state index contributed by atoms with van der Waals surface area (Å²) in [6, 6.07) is 25.9. The molecule has 0 aromatic heterocycles. The number of benzene rings is 5. The van der Waals surface area contributed by atoms with E-state index in [0.717, 1.165) is 20.9 Å². The first-order valence-electron chi connectivity index (χ1n) is 27.0. The Morgan fingerprint density at radius 3 is 1.85 bits per heavy atom. The van der Waals surface area contributed by atoms with Crippen molar-refractivity contribution in [1.29, 1.82) is 0 Å². The van der Waals surface area contributed by atoms with Gasteiger partial charge in [0.2, 0.25) is 10.0 Å². The Morgan fingerprint density at radius 1 is 0.691 bits per heavy atom. The van der Waals surface area contributed by atoms with Gasteiger partial charge in [-0.25, -0.2) is 35.0 Å². The van der Waals surface area contributed by atoms with Gasteiger partial charge in [0.05, 0.1) is 32.8 Å². The van der Waals surface area contributed by atoms with Crippen LogP contribution in [-0.4, -0.2) is 86.5 Å². The first-order valence-corrected chi connectivity index (χ1v) is 31.4. The number of hydrogen-bond donors (Lipinski definition) is 2. The van der Waals surface area contributed by atoms with Crippen LogP contribution < -0.4 is 19.7 Å². The minimum absolute atomic E-state index is 0.0144. The SMILES string of the molecule is CCN(c1ccc2c(-c3ccccc3S(=O)(=O)N(CC)CCOC(=O)NCCOC(=O)C(C)(C)CC)c3cc/c(=N\c4c(C(C)C)cccc4C(C)C)cc-3oc2c1)c1c(C(C)C)cc(S(=O)(=O)NS(=O)(=O)C(F)(F)F)cc1C(C)C. The van der Waals surface area contributed by atoms with Gasteiger partial charge < -0.3 is 24.1 Å². The molecule has 0 radical (unpaired) electrons. The molecule has 1 aliphatic carbocycles. The van der Waals surface area contributed by atoms with Crippen LogP contribution >= 0.6 is 0 Å². The van der Waals surface area contributed by atoms with Crippen molar-refractivity contribution in [2.45, 2.75) is 135 Å². The van der Waals surface area contributed by atoms with Gasteiger partial charge in [0.25, 0.3) is 10.0 Å². The summed E-state index contributed by atoms with van der Waals surface area (Å²) < 4.78 is 141. The zero-order valence-corrected chi connectivity index (χ0v) is 50.6. The van der Waals surface area contributed by atoms with Gasteiger partial charge in [-0.05, 0) is 116 Å². The Labute approximate surface area is 474 Å². The molecule has 2 N–H and O–H groups in total. The third-order valence-electron chi connectivity index (χ3n) is 14.1. The van der Waals surface area contributed by atoms with Crippen molar-refractivity contribution in [2.24, 2.45) is 10.4 Å². The smallest absolute Gasteiger partial charge is 0.463 e. The Balaban J connectivity index is 1.53. The molecule has 6 rings (SSSR count). The lowest BCUT2D eigenvalue weighted by molar-refractivity contribution is -0.153. The van der Waals surface area contributed by atoms with E-state index in [1.807, 2.05) is 36.9 Å². The number of hydrogen-bond acceptors (Lipinski definition) is 13. The molecule has 0 fully saturated rings. The van der Waals surface area contributed by atoms with E-state index in [1.165, 1.54) is 22.5 Å². The third-order valence-corrected chi connectivity index (χ3v) is 19.4. The topological polar surface area (TPSA) is 211 Å². The van der Waals surface area contributed by atoms with Crippen molar-refractivity contribution >= 4 is 70.2 Å². The molecule has 4 aromatic carbocycles. The van der Waals surface area contributed by atoms with Crippen molar-refractivity contribution in [3.8, 4) is 22.5 Å². The van der Waals surface area contributed by atoms with Crippen LogP contribution in [0.3, 0.4) is 0 Å². The number of amides is 1. The van der Waals surface area contributed by atoms with E-state index in [-0.39, 0.29) is 56.1 Å². The Hall–Kier alpha value is -6.33. The van der Waals surface area contributed by atoms with Crippen LogP contribution in [0.25, 0.3) is 33.4 Å². The number of carbonyl (C=O) groups excluding carboxylic acids is 2. The highest BCUT2D eigenvalue weighted by Crippen LogP contribution is 2.46. The van der Waals surface area contributed by atoms with Gasteiger partial charge in [-0.15, -0.1) is 0 Å². The van der Waals surface area contributed by atoms with E-state index in [4.69, 9.17) is 18.9 Å². The lowest BCUT2D eigenvalue weighted by atomic mass is 9.91. The first-order chi connectivity index (χ1) is 37.8. The Morgan fingerprint density at radius 2 is 1.30 bits per heavy atom. The maximum Gasteiger partial charge on any atom is 0.512 e. The zero-order valence-electron chi connectivity index (χ0n) is 48.1. The van der Waals surface area contributed by atoms with Crippen LogP contribution in [0.1, 0.15) is 142 Å². The highest BCUT2D eigenvalue weighted by molar-refractivity contribution is 8.05. The molecular weight excluding hydrogens is 1110 g/mol. The van der Waals surface area contributed by atoms with E-state index in [1.54, 1.807) is 90.9 Å². The fraction of sp³-hybridized carbons (Fsp3) is 0.441. The minimum atomic E-state index is -6.30. The van der Waals surface area contributed by atoms with Gasteiger partial charge in [0.15, 0.2) is 0 Å². The van der Waals surface area contributed by atoms with E-state index in [2.05, 4.69) is 45.1 Å². The van der Waals surface area contributed by atoms with Crippen molar-refractivity contribution in [1.82, 2.24) is 13.7 Å². The highest BCUT2D eigenvalue weighted by atomic mass is 32.3. The monoisotopic (exact) mass is 1180 g/mol. The molecular formula is C59H74F3N5O11S3. The first kappa shape index (κ1) is 63.8. The van der Waals surface area contributed by atoms with Crippen molar-refractivity contribution in [3.63, 3.8) is 0 Å². The van der Waals surface area contributed by atoms with E-state index < -0.39 is 69.8 Å². The molecule has 16 nitrogen and oxygen atoms in total. The number of esters is 1. The maximum absolute atomic E-state index is 15.0. The number of carbonyl (C=O) groups is 2. The maximum atomic E-state index is 15.0. The number of rotatable bonds is 23. The number of alkyl carbamates (subject to hydrolysis) is 1. The zero-order chi connectivity index (χ0) is 60.2. The Kier molecular flexibility index (Phi) is 20.1. The summed E-state index contributed by atoms with van der Waals surface area (Å²) in [6.07, 6.45) is -0.247. The van der Waals surface area contributed by atoms with Crippen LogP contribution in [0, 0.1) is 5.41 Å². The molecule has 2 aliphatic rings. The molecule has 4 aromatic rings. The largest absolute Gasteiger partial charge is 0.512 e. The van der Waals surface area contributed by atoms with Gasteiger partial charge in [-0.3, -0.25) is 4.79 Å². The van der Waals surface area contributed by atoms with E-state index in [0.29, 0.717) is 67.7 Å². The summed E-state index contributed by atoms with van der Waals surface area (Å²) in [4.78, 5) is 31.5. The predicted octanol–water partition coefficient (Wildman–Crippen LogP) is 12.9. The number of alkyl halides is 3. The quantitative estimate of drug-likeness (QED) is 0.0349. The molecule has 1 aliphatic heterocycles. The fourth-order valence-corrected chi connectivity index (χ4v) is 13.4. The number of ether oxygens (including phenoxy) is 2. The average molecular weight is 1180 g/mol. The summed E-state index contributed by atoms with van der Waals surface area (Å²) in [5, 5.41) is 3.61. The normalized spacial score (nSPS) is 13.1. The summed E-state index contributed by atoms with van der Waals surface area (Å²) in [6.45, 7) is 24.2. The molecule has 1 amide bonds. The molecule has 440 valence electrons. The van der Waals surface area contributed by atoms with Crippen LogP contribution in [0.4, 0.5) is 35.0 Å². The number of sulfonamides is 3. The van der Waals surface area contributed by atoms with Crippen LogP contribution in [0.15, 0.2) is 110 Å². The number of para-hydroxylation sites is 1. The van der Waals surface area contributed by atoms with Gasteiger partial charge >= 0.3 is 27.6 Å². The second-order valence-corrected chi connectivity index (χ2v) is 27.0. The molecule has 0 saturated carbocycles. The standard InChI is InChI=1S/C59H74F3N5O11S3/c1-14-58(12,13)56(68)76-30-28-63-57(69)77-31-29-66(15-2)80(72,73)52-23-18-17-20-47(52)53-45-26-24-40(64-54-43(36(4)5)21-19-22-44(54)37(6)7)32-50(45)78-51-33-41(25-27-46(51)53)67(16-3)55-48(38(8)9)34-42(35-49(55)39(10)11)79(70,71)65-81(74,75)59(60,61)62/h17-27,32-39,65H,14-16,28-31H2,1-13H3,(H,63,69)/b64-40+. The lowest BCUT2D eigenvalue weighted by Gasteiger charge is -2.32. The number of anilines is 2. The predicted molar refractivity (Wildman–Crippen MR) is 310 cm³/mol. The van der Waals surface area contributed by atoms with Gasteiger partial charge in [-0.1, -0.05) is 110 Å². The van der Waals surface area contributed by atoms with E-state index in [9.17, 15) is 48.0 Å². The molecule has 0 atom stereocenters. The summed E-state index contributed by atoms with van der Waals surface area (Å²) >= 11 is 0.